The number of nitrogens with two attached hydrogens (primary N) is 1. The molecule has 0 spiro atoms. The zero-order chi connectivity index (χ0) is 15.6. The summed E-state index contributed by atoms with van der Waals surface area (Å²) in [6.45, 7) is -0.0246. The molecule has 112 valence electrons. The number of carboxylic acid groups (broad SMARTS) is 1. The van der Waals surface area contributed by atoms with E-state index < -0.39 is 22.1 Å². The molecule has 1 heterocycles. The number of benzene rings is 1. The second-order valence-corrected chi connectivity index (χ2v) is 6.32. The monoisotopic (exact) mass is 311 g/mol. The summed E-state index contributed by atoms with van der Waals surface area (Å²) in [6, 6.07) is 5.41. The van der Waals surface area contributed by atoms with Crippen molar-refractivity contribution in [3.63, 3.8) is 0 Å². The summed E-state index contributed by atoms with van der Waals surface area (Å²) in [5, 5.41) is 17.9. The number of hydrogen-bond acceptors (Lipinski definition) is 6. The van der Waals surface area contributed by atoms with Gasteiger partial charge < -0.3 is 15.6 Å². The normalized spacial score (nSPS) is 19.9. The summed E-state index contributed by atoms with van der Waals surface area (Å²) in [4.78, 5) is 10.8. The van der Waals surface area contributed by atoms with Crippen LogP contribution in [0.3, 0.4) is 0 Å². The Hall–Kier alpha value is -2.15. The molecule has 0 aliphatic carbocycles. The van der Waals surface area contributed by atoms with E-state index in [1.54, 1.807) is 0 Å². The van der Waals surface area contributed by atoms with Crippen LogP contribution in [0, 0.1) is 11.3 Å². The largest absolute Gasteiger partial charge is 0.478 e. The highest BCUT2D eigenvalue weighted by Gasteiger charge is 2.33. The number of hydrogen-bond donors (Lipinski definition) is 2. The molecular weight excluding hydrogens is 298 g/mol. The Morgan fingerprint density at radius 3 is 2.86 bits per heavy atom. The van der Waals surface area contributed by atoms with Gasteiger partial charge in [0.15, 0.2) is 6.10 Å². The molecule has 1 saturated heterocycles. The zero-order valence-electron chi connectivity index (χ0n) is 10.9. The van der Waals surface area contributed by atoms with Crippen molar-refractivity contribution in [3.8, 4) is 6.07 Å². The fraction of sp³-hybridized carbons (Fsp3) is 0.333. The molecule has 1 aromatic rings. The van der Waals surface area contributed by atoms with Crippen LogP contribution in [0.2, 0.25) is 0 Å². The third kappa shape index (κ3) is 2.97. The number of rotatable bonds is 3. The maximum Gasteiger partial charge on any atom is 0.337 e. The van der Waals surface area contributed by atoms with Gasteiger partial charge in [0.05, 0.1) is 29.7 Å². The molecule has 0 amide bonds. The third-order valence-corrected chi connectivity index (χ3v) is 4.93. The smallest absolute Gasteiger partial charge is 0.337 e. The molecule has 9 heteroatoms. The van der Waals surface area contributed by atoms with Gasteiger partial charge in [0.2, 0.25) is 10.0 Å². The Labute approximate surface area is 121 Å². The molecule has 0 aromatic heterocycles. The molecule has 8 nitrogen and oxygen atoms in total. The van der Waals surface area contributed by atoms with Gasteiger partial charge in [0, 0.05) is 12.2 Å². The Balaban J connectivity index is 2.47. The van der Waals surface area contributed by atoms with E-state index in [9.17, 15) is 13.2 Å². The standard InChI is InChI=1S/C12H13N3O5S/c13-6-9-7-15(3-4-20-9)21(18,19)11-5-8(14)1-2-10(11)12(16)17/h1-2,5,9H,3-4,7,14H2,(H,16,17). The first-order valence-corrected chi connectivity index (χ1v) is 7.44. The molecule has 0 bridgehead atoms. The first-order valence-electron chi connectivity index (χ1n) is 6.00. The van der Waals surface area contributed by atoms with E-state index in [1.807, 2.05) is 6.07 Å². The molecule has 1 unspecified atom stereocenters. The molecule has 1 aromatic carbocycles. The molecule has 1 aliphatic heterocycles. The second-order valence-electron chi connectivity index (χ2n) is 4.41. The van der Waals surface area contributed by atoms with Crippen molar-refractivity contribution in [1.29, 1.82) is 5.26 Å². The van der Waals surface area contributed by atoms with E-state index in [-0.39, 0.29) is 35.8 Å². The lowest BCUT2D eigenvalue weighted by atomic mass is 10.2. The van der Waals surface area contributed by atoms with Crippen LogP contribution in [0.5, 0.6) is 0 Å². The molecule has 3 N–H and O–H groups in total. The number of nitriles is 1. The number of ether oxygens (including phenoxy) is 1. The van der Waals surface area contributed by atoms with Crippen molar-refractivity contribution in [3.05, 3.63) is 23.8 Å². The van der Waals surface area contributed by atoms with Crippen LogP contribution in [-0.4, -0.2) is 49.6 Å². The van der Waals surface area contributed by atoms with Crippen LogP contribution >= 0.6 is 0 Å². The lowest BCUT2D eigenvalue weighted by molar-refractivity contribution is 0.0311. The first-order chi connectivity index (χ1) is 9.86. The molecular formula is C12H13N3O5S. The Bertz CT molecular complexity index is 710. The van der Waals surface area contributed by atoms with Crippen LogP contribution in [0.25, 0.3) is 0 Å². The first kappa shape index (κ1) is 15.2. The van der Waals surface area contributed by atoms with Gasteiger partial charge in [-0.1, -0.05) is 0 Å². The summed E-state index contributed by atoms with van der Waals surface area (Å²) in [5.74, 6) is -1.36. The van der Waals surface area contributed by atoms with Gasteiger partial charge in [-0.2, -0.15) is 9.57 Å². The van der Waals surface area contributed by atoms with Crippen LogP contribution < -0.4 is 5.73 Å². The van der Waals surface area contributed by atoms with Gasteiger partial charge in [0.1, 0.15) is 0 Å². The van der Waals surface area contributed by atoms with Gasteiger partial charge in [-0.3, -0.25) is 0 Å². The minimum Gasteiger partial charge on any atom is -0.478 e. The number of carboxylic acids is 1. The number of anilines is 1. The molecule has 1 aliphatic rings. The van der Waals surface area contributed by atoms with Gasteiger partial charge >= 0.3 is 5.97 Å². The molecule has 0 saturated carbocycles. The topological polar surface area (TPSA) is 134 Å². The quantitative estimate of drug-likeness (QED) is 0.743. The van der Waals surface area contributed by atoms with Crippen molar-refractivity contribution >= 4 is 21.7 Å². The fourth-order valence-electron chi connectivity index (χ4n) is 1.99. The van der Waals surface area contributed by atoms with Crippen molar-refractivity contribution in [1.82, 2.24) is 4.31 Å². The maximum absolute atomic E-state index is 12.6. The third-order valence-electron chi connectivity index (χ3n) is 3.03. The van der Waals surface area contributed by atoms with Crippen molar-refractivity contribution < 1.29 is 23.1 Å². The minimum atomic E-state index is -4.06. The van der Waals surface area contributed by atoms with Crippen LogP contribution in [0.4, 0.5) is 5.69 Å². The maximum atomic E-state index is 12.6. The van der Waals surface area contributed by atoms with Crippen molar-refractivity contribution in [2.75, 3.05) is 25.4 Å². The highest BCUT2D eigenvalue weighted by atomic mass is 32.2. The van der Waals surface area contributed by atoms with E-state index in [0.717, 1.165) is 16.4 Å². The molecule has 21 heavy (non-hydrogen) atoms. The predicted molar refractivity (Wildman–Crippen MR) is 71.9 cm³/mol. The molecule has 1 fully saturated rings. The van der Waals surface area contributed by atoms with Gasteiger partial charge in [-0.15, -0.1) is 0 Å². The van der Waals surface area contributed by atoms with Crippen LogP contribution in [0.1, 0.15) is 10.4 Å². The Morgan fingerprint density at radius 2 is 2.24 bits per heavy atom. The Kier molecular flexibility index (Phi) is 4.13. The van der Waals surface area contributed by atoms with Crippen molar-refractivity contribution in [2.24, 2.45) is 0 Å². The zero-order valence-corrected chi connectivity index (χ0v) is 11.7. The molecule has 2 rings (SSSR count). The van der Waals surface area contributed by atoms with Gasteiger partial charge in [-0.05, 0) is 18.2 Å². The average molecular weight is 311 g/mol. The van der Waals surface area contributed by atoms with Crippen LogP contribution in [-0.2, 0) is 14.8 Å². The highest BCUT2D eigenvalue weighted by Crippen LogP contribution is 2.24. The number of nitrogens with zero attached hydrogens (tertiary/aromatic N) is 2. The number of morpholine rings is 1. The van der Waals surface area contributed by atoms with E-state index in [2.05, 4.69) is 0 Å². The van der Waals surface area contributed by atoms with E-state index in [4.69, 9.17) is 20.8 Å². The predicted octanol–water partition coefficient (Wildman–Crippen LogP) is -0.120. The van der Waals surface area contributed by atoms with E-state index >= 15 is 0 Å². The lowest BCUT2D eigenvalue weighted by Gasteiger charge is -2.29. The summed E-state index contributed by atoms with van der Waals surface area (Å²) in [6.07, 6.45) is -0.872. The van der Waals surface area contributed by atoms with Crippen LogP contribution in [0.15, 0.2) is 23.1 Å². The SMILES string of the molecule is N#CC1CN(S(=O)(=O)c2cc(N)ccc2C(=O)O)CCO1. The van der Waals surface area contributed by atoms with Crippen molar-refractivity contribution in [2.45, 2.75) is 11.0 Å². The Morgan fingerprint density at radius 1 is 1.52 bits per heavy atom. The second kappa shape index (κ2) is 5.69. The molecule has 0 radical (unpaired) electrons. The summed E-state index contributed by atoms with van der Waals surface area (Å²) >= 11 is 0. The highest BCUT2D eigenvalue weighted by molar-refractivity contribution is 7.89. The van der Waals surface area contributed by atoms with E-state index in [0.29, 0.717) is 0 Å². The summed E-state index contributed by atoms with van der Waals surface area (Å²) in [7, 11) is -4.06. The number of sulfonamides is 1. The lowest BCUT2D eigenvalue weighted by Crippen LogP contribution is -2.45. The van der Waals surface area contributed by atoms with Gasteiger partial charge in [0.25, 0.3) is 0 Å². The fourth-order valence-corrected chi connectivity index (χ4v) is 3.63. The summed E-state index contributed by atoms with van der Waals surface area (Å²) in [5.41, 5.74) is 5.34. The number of nitrogen functional groups attached to an aromatic ring is 1. The minimum absolute atomic E-state index is 0.0500. The van der Waals surface area contributed by atoms with Gasteiger partial charge in [-0.25, -0.2) is 13.2 Å². The average Bonchev–Trinajstić information content (AvgIpc) is 2.46. The number of aromatic carboxylic acids is 1. The number of carbonyl (C=O) groups is 1. The van der Waals surface area contributed by atoms with E-state index in [1.165, 1.54) is 6.07 Å². The summed E-state index contributed by atoms with van der Waals surface area (Å²) < 4.78 is 31.3. The molecule has 1 atom stereocenters.